The Morgan fingerprint density at radius 2 is 1.67 bits per heavy atom. The fourth-order valence-corrected chi connectivity index (χ4v) is 2.04. The maximum absolute atomic E-state index is 10.1. The summed E-state index contributed by atoms with van der Waals surface area (Å²) in [5.41, 5.74) is 4.55. The molecule has 3 rings (SSSR count). The number of aromatic nitrogens is 2. The Labute approximate surface area is 155 Å². The number of aromatic carboxylic acids is 1. The van der Waals surface area contributed by atoms with Gasteiger partial charge in [0, 0.05) is 32.5 Å². The van der Waals surface area contributed by atoms with E-state index in [4.69, 9.17) is 5.11 Å². The fraction of sp³-hybridized carbons (Fsp3) is 0.105. The number of carboxylic acids is 1. The summed E-state index contributed by atoms with van der Waals surface area (Å²) in [6, 6.07) is 18.2. The van der Waals surface area contributed by atoms with E-state index in [0.29, 0.717) is 0 Å². The SMILES string of the molecule is Cc1[c-]c(-c2ccccn2)cc(C)c1.O=C(O)c1ccccn1.[Ir]. The first-order chi connectivity index (χ1) is 11.1. The van der Waals surface area contributed by atoms with E-state index >= 15 is 0 Å². The van der Waals surface area contributed by atoms with Crippen LogP contribution in [0.25, 0.3) is 11.3 Å². The van der Waals surface area contributed by atoms with Crippen molar-refractivity contribution in [3.63, 3.8) is 0 Å². The first kappa shape index (κ1) is 19.7. The van der Waals surface area contributed by atoms with Crippen LogP contribution in [0, 0.1) is 19.9 Å². The van der Waals surface area contributed by atoms with E-state index in [0.717, 1.165) is 16.8 Å². The number of hydrogen-bond donors (Lipinski definition) is 1. The third-order valence-corrected chi connectivity index (χ3v) is 2.97. The fourth-order valence-electron chi connectivity index (χ4n) is 2.04. The molecule has 24 heavy (non-hydrogen) atoms. The van der Waals surface area contributed by atoms with E-state index in [1.165, 1.54) is 17.8 Å². The number of carbonyl (C=O) groups is 1. The summed E-state index contributed by atoms with van der Waals surface area (Å²) in [5.74, 6) is -0.990. The number of hydrogen-bond acceptors (Lipinski definition) is 3. The third-order valence-electron chi connectivity index (χ3n) is 2.97. The third kappa shape index (κ3) is 6.03. The number of carboxylic acid groups (broad SMARTS) is 1. The van der Waals surface area contributed by atoms with E-state index in [-0.39, 0.29) is 25.8 Å². The van der Waals surface area contributed by atoms with Crippen LogP contribution in [0.3, 0.4) is 0 Å². The molecule has 1 N–H and O–H groups in total. The average molecular weight is 498 g/mol. The van der Waals surface area contributed by atoms with Gasteiger partial charge in [-0.15, -0.1) is 34.9 Å². The summed E-state index contributed by atoms with van der Waals surface area (Å²) in [6.07, 6.45) is 3.25. The van der Waals surface area contributed by atoms with E-state index in [2.05, 4.69) is 42.0 Å². The number of nitrogens with zero attached hydrogens (tertiary/aromatic N) is 2. The minimum Gasteiger partial charge on any atom is -0.477 e. The molecule has 2 aromatic heterocycles. The predicted octanol–water partition coefficient (Wildman–Crippen LogP) is 3.94. The normalized spacial score (nSPS) is 9.25. The number of benzene rings is 1. The zero-order chi connectivity index (χ0) is 16.7. The Bertz CT molecular complexity index is 758. The van der Waals surface area contributed by atoms with Gasteiger partial charge in [-0.25, -0.2) is 9.78 Å². The van der Waals surface area contributed by atoms with Crippen molar-refractivity contribution in [3.8, 4) is 11.3 Å². The largest absolute Gasteiger partial charge is 0.477 e. The van der Waals surface area contributed by atoms with Gasteiger partial charge in [0.2, 0.25) is 0 Å². The average Bonchev–Trinajstić information content (AvgIpc) is 2.56. The van der Waals surface area contributed by atoms with Crippen molar-refractivity contribution in [1.82, 2.24) is 9.97 Å². The number of rotatable bonds is 2. The summed E-state index contributed by atoms with van der Waals surface area (Å²) >= 11 is 0. The molecule has 4 nitrogen and oxygen atoms in total. The molecule has 0 aliphatic heterocycles. The molecule has 125 valence electrons. The molecule has 0 amide bonds. The van der Waals surface area contributed by atoms with Gasteiger partial charge in [-0.1, -0.05) is 32.0 Å². The van der Waals surface area contributed by atoms with Crippen LogP contribution in [-0.2, 0) is 20.1 Å². The van der Waals surface area contributed by atoms with Crippen LogP contribution in [0.15, 0.2) is 60.9 Å². The van der Waals surface area contributed by atoms with Crippen molar-refractivity contribution in [2.75, 3.05) is 0 Å². The standard InChI is InChI=1S/C13H12N.C6H5NO2.Ir/c1-10-7-11(2)9-12(8-10)13-5-3-4-6-14-13;8-6(9)5-3-1-2-4-7-5;/h3-8H,1-2H3;1-4H,(H,8,9);/q-1;;. The van der Waals surface area contributed by atoms with Crippen molar-refractivity contribution in [2.45, 2.75) is 13.8 Å². The van der Waals surface area contributed by atoms with E-state index in [9.17, 15) is 4.79 Å². The molecule has 0 saturated carbocycles. The molecule has 0 aliphatic rings. The molecule has 0 fully saturated rings. The number of pyridine rings is 2. The van der Waals surface area contributed by atoms with Crippen molar-refractivity contribution >= 4 is 5.97 Å². The molecule has 0 saturated heterocycles. The first-order valence-electron chi connectivity index (χ1n) is 7.12. The summed E-state index contributed by atoms with van der Waals surface area (Å²) in [6.45, 7) is 4.15. The molecule has 5 heteroatoms. The Morgan fingerprint density at radius 3 is 2.12 bits per heavy atom. The van der Waals surface area contributed by atoms with Gasteiger partial charge in [0.15, 0.2) is 0 Å². The second-order valence-corrected chi connectivity index (χ2v) is 4.99. The zero-order valence-corrected chi connectivity index (χ0v) is 15.8. The molecule has 0 atom stereocenters. The smallest absolute Gasteiger partial charge is 0.354 e. The van der Waals surface area contributed by atoms with Gasteiger partial charge in [-0.3, -0.25) is 0 Å². The molecular weight excluding hydrogens is 480 g/mol. The van der Waals surface area contributed by atoms with E-state index in [1.807, 2.05) is 18.2 Å². The summed E-state index contributed by atoms with van der Waals surface area (Å²) < 4.78 is 0. The predicted molar refractivity (Wildman–Crippen MR) is 89.2 cm³/mol. The Hall–Kier alpha value is -2.36. The topological polar surface area (TPSA) is 63.1 Å². The molecule has 0 aliphatic carbocycles. The van der Waals surface area contributed by atoms with Crippen LogP contribution in [0.2, 0.25) is 0 Å². The molecule has 0 bridgehead atoms. The molecule has 2 heterocycles. The van der Waals surface area contributed by atoms with Gasteiger partial charge in [0.05, 0.1) is 0 Å². The van der Waals surface area contributed by atoms with Gasteiger partial charge >= 0.3 is 5.97 Å². The van der Waals surface area contributed by atoms with Gasteiger partial charge in [0.1, 0.15) is 5.69 Å². The van der Waals surface area contributed by atoms with Crippen LogP contribution >= 0.6 is 0 Å². The zero-order valence-electron chi connectivity index (χ0n) is 13.4. The van der Waals surface area contributed by atoms with Crippen LogP contribution in [0.5, 0.6) is 0 Å². The maximum Gasteiger partial charge on any atom is 0.354 e. The maximum atomic E-state index is 10.1. The monoisotopic (exact) mass is 498 g/mol. The van der Waals surface area contributed by atoms with Crippen LogP contribution < -0.4 is 0 Å². The summed E-state index contributed by atoms with van der Waals surface area (Å²) in [4.78, 5) is 18.0. The van der Waals surface area contributed by atoms with Crippen molar-refractivity contribution < 1.29 is 30.0 Å². The van der Waals surface area contributed by atoms with Crippen molar-refractivity contribution in [1.29, 1.82) is 0 Å². The Morgan fingerprint density at radius 1 is 1.00 bits per heavy atom. The summed E-state index contributed by atoms with van der Waals surface area (Å²) in [5, 5.41) is 8.32. The number of aryl methyl sites for hydroxylation is 2. The van der Waals surface area contributed by atoms with Gasteiger partial charge in [0.25, 0.3) is 0 Å². The van der Waals surface area contributed by atoms with Crippen molar-refractivity contribution in [3.05, 3.63) is 83.8 Å². The van der Waals surface area contributed by atoms with Crippen molar-refractivity contribution in [2.24, 2.45) is 0 Å². The molecule has 0 unspecified atom stereocenters. The van der Waals surface area contributed by atoms with Gasteiger partial charge in [-0.2, -0.15) is 0 Å². The Kier molecular flexibility index (Phi) is 7.96. The second kappa shape index (κ2) is 9.71. The molecule has 3 aromatic rings. The van der Waals surface area contributed by atoms with E-state index in [1.54, 1.807) is 18.3 Å². The van der Waals surface area contributed by atoms with E-state index < -0.39 is 5.97 Å². The molecule has 1 radical (unpaired) electrons. The minimum absolute atomic E-state index is 0. The molecule has 0 spiro atoms. The molecular formula is C19H17IrN2O2-. The van der Waals surface area contributed by atoms with Gasteiger partial charge < -0.3 is 10.1 Å². The van der Waals surface area contributed by atoms with Crippen LogP contribution in [0.1, 0.15) is 21.6 Å². The second-order valence-electron chi connectivity index (χ2n) is 4.99. The molecule has 1 aromatic carbocycles. The quantitative estimate of drug-likeness (QED) is 0.545. The van der Waals surface area contributed by atoms with Crippen LogP contribution in [-0.4, -0.2) is 21.0 Å². The Balaban J connectivity index is 0.000000252. The van der Waals surface area contributed by atoms with Crippen LogP contribution in [0.4, 0.5) is 0 Å². The first-order valence-corrected chi connectivity index (χ1v) is 7.12. The summed E-state index contributed by atoms with van der Waals surface area (Å²) in [7, 11) is 0. The van der Waals surface area contributed by atoms with Gasteiger partial charge in [-0.05, 0) is 23.9 Å². The minimum atomic E-state index is -0.990.